The van der Waals surface area contributed by atoms with Crippen LogP contribution in [0.5, 0.6) is 0 Å². The molecule has 0 aliphatic heterocycles. The van der Waals surface area contributed by atoms with E-state index >= 15 is 0 Å². The molecule has 0 radical (unpaired) electrons. The monoisotopic (exact) mass is 206 g/mol. The lowest BCUT2D eigenvalue weighted by atomic mass is 10.0. The van der Waals surface area contributed by atoms with E-state index in [4.69, 9.17) is 9.68 Å². The first kappa shape index (κ1) is 11.3. The van der Waals surface area contributed by atoms with Gasteiger partial charge in [-0.15, -0.1) is 0 Å². The SMILES string of the molecule is CCC(C)(C#N)NC(=O)c1coc(C)c1. The van der Waals surface area contributed by atoms with Crippen LogP contribution in [0.15, 0.2) is 16.7 Å². The molecule has 4 heteroatoms. The van der Waals surface area contributed by atoms with Crippen molar-refractivity contribution in [2.45, 2.75) is 32.7 Å². The molecule has 0 spiro atoms. The van der Waals surface area contributed by atoms with Gasteiger partial charge in [-0.25, -0.2) is 0 Å². The number of carbonyl (C=O) groups excluding carboxylic acids is 1. The maximum atomic E-state index is 11.7. The van der Waals surface area contributed by atoms with Gasteiger partial charge in [0.2, 0.25) is 0 Å². The van der Waals surface area contributed by atoms with Crippen molar-refractivity contribution in [3.8, 4) is 6.07 Å². The molecule has 0 aliphatic carbocycles. The third kappa shape index (κ3) is 2.59. The predicted molar refractivity (Wildman–Crippen MR) is 55.2 cm³/mol. The first-order valence-electron chi connectivity index (χ1n) is 4.79. The van der Waals surface area contributed by atoms with Gasteiger partial charge in [0.15, 0.2) is 0 Å². The minimum Gasteiger partial charge on any atom is -0.469 e. The number of nitriles is 1. The van der Waals surface area contributed by atoms with Gasteiger partial charge in [0.25, 0.3) is 5.91 Å². The van der Waals surface area contributed by atoms with Gasteiger partial charge in [-0.05, 0) is 26.3 Å². The number of nitrogens with one attached hydrogen (secondary N) is 1. The average Bonchev–Trinajstić information content (AvgIpc) is 2.65. The number of nitrogens with zero attached hydrogens (tertiary/aromatic N) is 1. The van der Waals surface area contributed by atoms with Crippen molar-refractivity contribution in [1.29, 1.82) is 5.26 Å². The van der Waals surface area contributed by atoms with Crippen LogP contribution in [-0.2, 0) is 0 Å². The van der Waals surface area contributed by atoms with E-state index < -0.39 is 5.54 Å². The second-order valence-corrected chi connectivity index (χ2v) is 3.70. The summed E-state index contributed by atoms with van der Waals surface area (Å²) in [7, 11) is 0. The van der Waals surface area contributed by atoms with Gasteiger partial charge >= 0.3 is 0 Å². The lowest BCUT2D eigenvalue weighted by Gasteiger charge is -2.20. The first-order chi connectivity index (χ1) is 7.00. The Bertz CT molecular complexity index is 403. The Morgan fingerprint density at radius 1 is 1.73 bits per heavy atom. The van der Waals surface area contributed by atoms with Gasteiger partial charge in [-0.2, -0.15) is 5.26 Å². The minimum absolute atomic E-state index is 0.280. The van der Waals surface area contributed by atoms with Crippen LogP contribution in [0.3, 0.4) is 0 Å². The van der Waals surface area contributed by atoms with Gasteiger partial charge < -0.3 is 9.73 Å². The van der Waals surface area contributed by atoms with Crippen LogP contribution in [0.1, 0.15) is 36.4 Å². The van der Waals surface area contributed by atoms with Gasteiger partial charge in [0.1, 0.15) is 17.6 Å². The molecule has 0 saturated heterocycles. The molecule has 1 rings (SSSR count). The molecule has 0 bridgehead atoms. The molecule has 80 valence electrons. The van der Waals surface area contributed by atoms with E-state index in [0.29, 0.717) is 17.7 Å². The molecule has 0 saturated carbocycles. The highest BCUT2D eigenvalue weighted by molar-refractivity contribution is 5.94. The summed E-state index contributed by atoms with van der Waals surface area (Å²) in [6, 6.07) is 3.71. The molecule has 1 atom stereocenters. The van der Waals surface area contributed by atoms with Crippen LogP contribution in [0.4, 0.5) is 0 Å². The summed E-state index contributed by atoms with van der Waals surface area (Å²) in [4.78, 5) is 11.7. The molecule has 1 unspecified atom stereocenters. The molecule has 15 heavy (non-hydrogen) atoms. The Balaban J connectivity index is 2.76. The Morgan fingerprint density at radius 3 is 2.80 bits per heavy atom. The molecule has 4 nitrogen and oxygen atoms in total. The second kappa shape index (κ2) is 4.18. The molecule has 0 aromatic carbocycles. The van der Waals surface area contributed by atoms with E-state index in [0.717, 1.165) is 0 Å². The van der Waals surface area contributed by atoms with Crippen LogP contribution in [0.25, 0.3) is 0 Å². The quantitative estimate of drug-likeness (QED) is 0.822. The lowest BCUT2D eigenvalue weighted by molar-refractivity contribution is 0.0922. The Morgan fingerprint density at radius 2 is 2.40 bits per heavy atom. The Kier molecular flexibility index (Phi) is 3.15. The summed E-state index contributed by atoms with van der Waals surface area (Å²) < 4.78 is 5.02. The van der Waals surface area contributed by atoms with Crippen molar-refractivity contribution >= 4 is 5.91 Å². The van der Waals surface area contributed by atoms with Crippen LogP contribution in [-0.4, -0.2) is 11.4 Å². The van der Waals surface area contributed by atoms with Gasteiger partial charge in [-0.1, -0.05) is 6.92 Å². The summed E-state index contributed by atoms with van der Waals surface area (Å²) >= 11 is 0. The number of rotatable bonds is 3. The average molecular weight is 206 g/mol. The predicted octanol–water partition coefficient (Wildman–Crippen LogP) is 2.01. The lowest BCUT2D eigenvalue weighted by Crippen LogP contribution is -2.44. The third-order valence-corrected chi connectivity index (χ3v) is 2.34. The molecule has 1 heterocycles. The zero-order valence-corrected chi connectivity index (χ0v) is 9.13. The van der Waals surface area contributed by atoms with Crippen molar-refractivity contribution in [2.24, 2.45) is 0 Å². The Labute approximate surface area is 88.9 Å². The highest BCUT2D eigenvalue weighted by Crippen LogP contribution is 2.11. The highest BCUT2D eigenvalue weighted by Gasteiger charge is 2.24. The summed E-state index contributed by atoms with van der Waals surface area (Å²) in [5.41, 5.74) is -0.371. The van der Waals surface area contributed by atoms with Crippen LogP contribution < -0.4 is 5.32 Å². The van der Waals surface area contributed by atoms with E-state index in [9.17, 15) is 4.79 Å². The molecule has 0 aliphatic rings. The fraction of sp³-hybridized carbons (Fsp3) is 0.455. The Hall–Kier alpha value is -1.76. The standard InChI is InChI=1S/C11H14N2O2/c1-4-11(3,7-12)13-10(14)9-5-8(2)15-6-9/h5-6H,4H2,1-3H3,(H,13,14). The summed E-state index contributed by atoms with van der Waals surface area (Å²) in [6.07, 6.45) is 1.95. The van der Waals surface area contributed by atoms with Crippen LogP contribution >= 0.6 is 0 Å². The molecular weight excluding hydrogens is 192 g/mol. The molecular formula is C11H14N2O2. The first-order valence-corrected chi connectivity index (χ1v) is 4.79. The molecule has 1 N–H and O–H groups in total. The largest absolute Gasteiger partial charge is 0.469 e. The fourth-order valence-corrected chi connectivity index (χ4v) is 1.08. The molecule has 0 fully saturated rings. The number of aryl methyl sites for hydroxylation is 1. The number of amides is 1. The molecule has 1 amide bonds. The highest BCUT2D eigenvalue weighted by atomic mass is 16.3. The third-order valence-electron chi connectivity index (χ3n) is 2.34. The molecule has 1 aromatic rings. The molecule has 1 aromatic heterocycles. The van der Waals surface area contributed by atoms with E-state index in [1.165, 1.54) is 6.26 Å². The normalized spacial score (nSPS) is 14.0. The van der Waals surface area contributed by atoms with Crippen molar-refractivity contribution in [3.63, 3.8) is 0 Å². The summed E-state index contributed by atoms with van der Waals surface area (Å²) in [6.45, 7) is 5.31. The number of carbonyl (C=O) groups is 1. The van der Waals surface area contributed by atoms with E-state index in [2.05, 4.69) is 11.4 Å². The zero-order valence-electron chi connectivity index (χ0n) is 9.13. The van der Waals surface area contributed by atoms with E-state index in [1.807, 2.05) is 6.92 Å². The maximum absolute atomic E-state index is 11.7. The van der Waals surface area contributed by atoms with Crippen LogP contribution in [0.2, 0.25) is 0 Å². The van der Waals surface area contributed by atoms with Crippen LogP contribution in [0, 0.1) is 18.3 Å². The second-order valence-electron chi connectivity index (χ2n) is 3.70. The van der Waals surface area contributed by atoms with E-state index in [-0.39, 0.29) is 5.91 Å². The fourth-order valence-electron chi connectivity index (χ4n) is 1.08. The van der Waals surface area contributed by atoms with Gasteiger partial charge in [0.05, 0.1) is 11.6 Å². The van der Waals surface area contributed by atoms with Crippen molar-refractivity contribution in [3.05, 3.63) is 23.7 Å². The van der Waals surface area contributed by atoms with Gasteiger partial charge in [0, 0.05) is 0 Å². The van der Waals surface area contributed by atoms with Crippen molar-refractivity contribution < 1.29 is 9.21 Å². The number of hydrogen-bond donors (Lipinski definition) is 1. The van der Waals surface area contributed by atoms with Crippen molar-refractivity contribution in [1.82, 2.24) is 5.32 Å². The van der Waals surface area contributed by atoms with E-state index in [1.54, 1.807) is 19.9 Å². The summed E-state index contributed by atoms with van der Waals surface area (Å²) in [5.74, 6) is 0.396. The topological polar surface area (TPSA) is 66.0 Å². The summed E-state index contributed by atoms with van der Waals surface area (Å²) in [5, 5.41) is 11.6. The zero-order chi connectivity index (χ0) is 11.5. The smallest absolute Gasteiger partial charge is 0.255 e. The van der Waals surface area contributed by atoms with Gasteiger partial charge in [-0.3, -0.25) is 4.79 Å². The number of furan rings is 1. The number of hydrogen-bond acceptors (Lipinski definition) is 3. The maximum Gasteiger partial charge on any atom is 0.255 e. The minimum atomic E-state index is -0.817. The van der Waals surface area contributed by atoms with Crippen molar-refractivity contribution in [2.75, 3.05) is 0 Å².